The lowest BCUT2D eigenvalue weighted by atomic mass is 9.90. The van der Waals surface area contributed by atoms with Crippen LogP contribution in [-0.2, 0) is 5.60 Å². The zero-order chi connectivity index (χ0) is 13.1. The Morgan fingerprint density at radius 2 is 2.06 bits per heavy atom. The number of hydrogen-bond donors (Lipinski definition) is 1. The molecule has 1 unspecified atom stereocenters. The van der Waals surface area contributed by atoms with Crippen LogP contribution in [0.25, 0.3) is 0 Å². The maximum absolute atomic E-state index is 13.9. The molecule has 0 saturated heterocycles. The van der Waals surface area contributed by atoms with Gasteiger partial charge in [0.05, 0.1) is 10.6 Å². The molecule has 0 aliphatic carbocycles. The summed E-state index contributed by atoms with van der Waals surface area (Å²) >= 11 is 8.97. The van der Waals surface area contributed by atoms with Gasteiger partial charge in [0, 0.05) is 10.0 Å². The van der Waals surface area contributed by atoms with Gasteiger partial charge in [0.25, 0.3) is 0 Å². The molecule has 17 heavy (non-hydrogen) atoms. The first-order chi connectivity index (χ1) is 7.90. The summed E-state index contributed by atoms with van der Waals surface area (Å²) in [5.74, 6) is -0.539. The Bertz CT molecular complexity index is 393. The number of unbranched alkanes of at least 4 members (excludes halogenated alkanes) is 2. The van der Waals surface area contributed by atoms with Crippen molar-refractivity contribution < 1.29 is 9.50 Å². The molecule has 1 atom stereocenters. The average molecular weight is 324 g/mol. The van der Waals surface area contributed by atoms with E-state index >= 15 is 0 Å². The number of hydrogen-bond acceptors (Lipinski definition) is 1. The Kier molecular flexibility index (Phi) is 5.42. The molecular formula is C13H17BrClFO. The first-order valence-electron chi connectivity index (χ1n) is 5.76. The molecule has 1 N–H and O–H groups in total. The maximum Gasteiger partial charge on any atom is 0.149 e. The van der Waals surface area contributed by atoms with E-state index in [0.29, 0.717) is 10.9 Å². The lowest BCUT2D eigenvalue weighted by Crippen LogP contribution is -2.22. The molecule has 0 fully saturated rings. The van der Waals surface area contributed by atoms with Crippen LogP contribution in [0.2, 0.25) is 5.02 Å². The summed E-state index contributed by atoms with van der Waals surface area (Å²) in [7, 11) is 0. The van der Waals surface area contributed by atoms with Crippen LogP contribution in [0.15, 0.2) is 16.6 Å². The summed E-state index contributed by atoms with van der Waals surface area (Å²) < 4.78 is 14.4. The Balaban J connectivity index is 2.94. The van der Waals surface area contributed by atoms with Crippen LogP contribution in [0.4, 0.5) is 4.39 Å². The normalized spacial score (nSPS) is 14.7. The zero-order valence-electron chi connectivity index (χ0n) is 10.1. The molecule has 0 aromatic heterocycles. The minimum atomic E-state index is -1.16. The monoisotopic (exact) mass is 322 g/mol. The third-order valence-electron chi connectivity index (χ3n) is 2.88. The summed E-state index contributed by atoms with van der Waals surface area (Å²) in [6.07, 6.45) is 3.51. The highest BCUT2D eigenvalue weighted by molar-refractivity contribution is 9.10. The van der Waals surface area contributed by atoms with Crippen molar-refractivity contribution in [3.05, 3.63) is 33.0 Å². The molecule has 96 valence electrons. The first-order valence-corrected chi connectivity index (χ1v) is 6.93. The fourth-order valence-corrected chi connectivity index (χ4v) is 2.27. The smallest absolute Gasteiger partial charge is 0.149 e. The topological polar surface area (TPSA) is 20.2 Å². The first kappa shape index (κ1) is 14.9. The summed E-state index contributed by atoms with van der Waals surface area (Å²) in [6.45, 7) is 3.72. The molecule has 0 saturated carbocycles. The largest absolute Gasteiger partial charge is 0.385 e. The fraction of sp³-hybridized carbons (Fsp3) is 0.538. The third kappa shape index (κ3) is 3.67. The van der Waals surface area contributed by atoms with Gasteiger partial charge in [0.1, 0.15) is 5.82 Å². The van der Waals surface area contributed by atoms with Gasteiger partial charge in [-0.1, -0.05) is 43.9 Å². The van der Waals surface area contributed by atoms with Crippen molar-refractivity contribution in [1.29, 1.82) is 0 Å². The molecule has 0 spiro atoms. The van der Waals surface area contributed by atoms with E-state index in [9.17, 15) is 9.50 Å². The highest BCUT2D eigenvalue weighted by Crippen LogP contribution is 2.35. The molecule has 1 aromatic rings. The maximum atomic E-state index is 13.9. The van der Waals surface area contributed by atoms with Gasteiger partial charge >= 0.3 is 0 Å². The van der Waals surface area contributed by atoms with Gasteiger partial charge in [-0.25, -0.2) is 4.39 Å². The number of aliphatic hydroxyl groups is 1. The van der Waals surface area contributed by atoms with Gasteiger partial charge in [-0.3, -0.25) is 0 Å². The Morgan fingerprint density at radius 1 is 1.41 bits per heavy atom. The van der Waals surface area contributed by atoms with Crippen molar-refractivity contribution in [3.8, 4) is 0 Å². The molecule has 0 aliphatic rings. The highest BCUT2D eigenvalue weighted by Gasteiger charge is 2.27. The second-order valence-electron chi connectivity index (χ2n) is 4.45. The SMILES string of the molecule is CCCCCC(C)(O)c1ccc(Br)c(Cl)c1F. The second kappa shape index (κ2) is 6.17. The van der Waals surface area contributed by atoms with E-state index in [0.717, 1.165) is 19.3 Å². The van der Waals surface area contributed by atoms with E-state index in [4.69, 9.17) is 11.6 Å². The van der Waals surface area contributed by atoms with Crippen LogP contribution in [0.3, 0.4) is 0 Å². The average Bonchev–Trinajstić information content (AvgIpc) is 2.26. The molecule has 0 heterocycles. The van der Waals surface area contributed by atoms with Gasteiger partial charge in [-0.2, -0.15) is 0 Å². The van der Waals surface area contributed by atoms with Crippen molar-refractivity contribution in [2.24, 2.45) is 0 Å². The summed E-state index contributed by atoms with van der Waals surface area (Å²) in [6, 6.07) is 3.24. The minimum Gasteiger partial charge on any atom is -0.385 e. The zero-order valence-corrected chi connectivity index (χ0v) is 12.4. The predicted molar refractivity (Wildman–Crippen MR) is 72.8 cm³/mol. The van der Waals surface area contributed by atoms with Crippen molar-refractivity contribution in [2.45, 2.75) is 45.1 Å². The van der Waals surface area contributed by atoms with Gasteiger partial charge in [0.15, 0.2) is 0 Å². The second-order valence-corrected chi connectivity index (χ2v) is 5.69. The third-order valence-corrected chi connectivity index (χ3v) is 4.14. The summed E-state index contributed by atoms with van der Waals surface area (Å²) in [4.78, 5) is 0. The number of rotatable bonds is 5. The summed E-state index contributed by atoms with van der Waals surface area (Å²) in [5, 5.41) is 10.3. The van der Waals surface area contributed by atoms with E-state index in [1.54, 1.807) is 19.1 Å². The Labute approximate surface area is 115 Å². The molecule has 1 aromatic carbocycles. The molecule has 0 amide bonds. The van der Waals surface area contributed by atoms with Crippen molar-refractivity contribution in [1.82, 2.24) is 0 Å². The van der Waals surface area contributed by atoms with E-state index in [1.807, 2.05) is 0 Å². The minimum absolute atomic E-state index is 0.0262. The Morgan fingerprint density at radius 3 is 2.65 bits per heavy atom. The van der Waals surface area contributed by atoms with Crippen molar-refractivity contribution in [3.63, 3.8) is 0 Å². The van der Waals surface area contributed by atoms with E-state index in [2.05, 4.69) is 22.9 Å². The summed E-state index contributed by atoms with van der Waals surface area (Å²) in [5.41, 5.74) is -0.898. The van der Waals surface area contributed by atoms with Gasteiger partial charge in [-0.05, 0) is 35.3 Å². The van der Waals surface area contributed by atoms with Crippen LogP contribution in [0.1, 0.15) is 45.1 Å². The standard InChI is InChI=1S/C13H17BrClFO/c1-3-4-5-8-13(2,17)9-6-7-10(14)11(15)12(9)16/h6-7,17H,3-5,8H2,1-2H3. The van der Waals surface area contributed by atoms with Crippen LogP contribution >= 0.6 is 27.5 Å². The van der Waals surface area contributed by atoms with Crippen molar-refractivity contribution in [2.75, 3.05) is 0 Å². The van der Waals surface area contributed by atoms with Crippen LogP contribution in [0, 0.1) is 5.82 Å². The van der Waals surface area contributed by atoms with Gasteiger partial charge < -0.3 is 5.11 Å². The molecule has 0 bridgehead atoms. The molecule has 1 rings (SSSR count). The van der Waals surface area contributed by atoms with Crippen LogP contribution in [0.5, 0.6) is 0 Å². The molecule has 0 aliphatic heterocycles. The van der Waals surface area contributed by atoms with E-state index in [1.165, 1.54) is 0 Å². The highest BCUT2D eigenvalue weighted by atomic mass is 79.9. The van der Waals surface area contributed by atoms with Gasteiger partial charge in [-0.15, -0.1) is 0 Å². The van der Waals surface area contributed by atoms with E-state index < -0.39 is 11.4 Å². The lowest BCUT2D eigenvalue weighted by Gasteiger charge is -2.25. The number of halogens is 3. The van der Waals surface area contributed by atoms with Crippen molar-refractivity contribution >= 4 is 27.5 Å². The molecule has 1 nitrogen and oxygen atoms in total. The Hall–Kier alpha value is -0.120. The molecule has 4 heteroatoms. The number of benzene rings is 1. The predicted octanol–water partition coefficient (Wildman–Crippen LogP) is 5.03. The quantitative estimate of drug-likeness (QED) is 0.595. The van der Waals surface area contributed by atoms with E-state index in [-0.39, 0.29) is 10.6 Å². The fourth-order valence-electron chi connectivity index (χ4n) is 1.80. The van der Waals surface area contributed by atoms with Crippen LogP contribution in [-0.4, -0.2) is 5.11 Å². The van der Waals surface area contributed by atoms with Gasteiger partial charge in [0.2, 0.25) is 0 Å². The van der Waals surface area contributed by atoms with Crippen LogP contribution < -0.4 is 0 Å². The lowest BCUT2D eigenvalue weighted by molar-refractivity contribution is 0.0413. The molecule has 0 radical (unpaired) electrons. The molecular weight excluding hydrogens is 306 g/mol.